The summed E-state index contributed by atoms with van der Waals surface area (Å²) in [7, 11) is 0. The van der Waals surface area contributed by atoms with Crippen molar-refractivity contribution in [3.63, 3.8) is 0 Å². The van der Waals surface area contributed by atoms with Crippen LogP contribution in [-0.4, -0.2) is 0 Å². The normalized spacial score (nSPS) is 10.7. The highest BCUT2D eigenvalue weighted by Gasteiger charge is 2.05. The maximum atomic E-state index is 2.32. The highest BCUT2D eigenvalue weighted by atomic mass is 14.1. The van der Waals surface area contributed by atoms with E-state index in [-0.39, 0.29) is 0 Å². The Labute approximate surface area is 162 Å². The molecule has 4 aromatic rings. The molecule has 0 heteroatoms. The molecule has 4 rings (SSSR count). The van der Waals surface area contributed by atoms with Crippen LogP contribution in [0.5, 0.6) is 0 Å². The number of aryl methyl sites for hydroxylation is 2. The predicted molar refractivity (Wildman–Crippen MR) is 116 cm³/mol. The standard InChI is InChI=1S/C27H24/c1-20-8-5-12-24(16-20)25-13-6-10-22(18-25)17-23-11-7-14-26(19-23)27-15-4-3-9-21(27)2/h3-16,18-19H,17H2,1-2H3. The minimum absolute atomic E-state index is 0.944. The van der Waals surface area contributed by atoms with Crippen molar-refractivity contribution in [1.29, 1.82) is 0 Å². The Kier molecular flexibility index (Phi) is 4.89. The molecular formula is C27H24. The molecule has 0 aliphatic rings. The van der Waals surface area contributed by atoms with Crippen molar-refractivity contribution in [2.45, 2.75) is 20.3 Å². The average molecular weight is 348 g/mol. The largest absolute Gasteiger partial charge is 0.0620 e. The molecule has 0 N–H and O–H groups in total. The van der Waals surface area contributed by atoms with Gasteiger partial charge < -0.3 is 0 Å². The Hall–Kier alpha value is -3.12. The molecule has 0 spiro atoms. The quantitative estimate of drug-likeness (QED) is 0.365. The molecule has 0 fully saturated rings. The van der Waals surface area contributed by atoms with Crippen LogP contribution in [0, 0.1) is 13.8 Å². The van der Waals surface area contributed by atoms with E-state index in [1.165, 1.54) is 44.5 Å². The molecule has 4 aromatic carbocycles. The van der Waals surface area contributed by atoms with Crippen molar-refractivity contribution in [3.05, 3.63) is 119 Å². The third-order valence-corrected chi connectivity index (χ3v) is 5.07. The molecule has 0 nitrogen and oxygen atoms in total. The zero-order chi connectivity index (χ0) is 18.6. The molecule has 0 aliphatic carbocycles. The van der Waals surface area contributed by atoms with Crippen LogP contribution >= 0.6 is 0 Å². The van der Waals surface area contributed by atoms with Gasteiger partial charge in [0, 0.05) is 0 Å². The first-order valence-corrected chi connectivity index (χ1v) is 9.50. The molecular weight excluding hydrogens is 324 g/mol. The molecule has 27 heavy (non-hydrogen) atoms. The van der Waals surface area contributed by atoms with E-state index >= 15 is 0 Å². The van der Waals surface area contributed by atoms with E-state index in [2.05, 4.69) is 111 Å². The summed E-state index contributed by atoms with van der Waals surface area (Å²) in [5.41, 5.74) is 10.5. The van der Waals surface area contributed by atoms with Crippen molar-refractivity contribution in [1.82, 2.24) is 0 Å². The van der Waals surface area contributed by atoms with E-state index in [9.17, 15) is 0 Å². The lowest BCUT2D eigenvalue weighted by molar-refractivity contribution is 1.19. The van der Waals surface area contributed by atoms with Gasteiger partial charge in [-0.25, -0.2) is 0 Å². The molecule has 0 saturated carbocycles. The van der Waals surface area contributed by atoms with E-state index in [0.29, 0.717) is 0 Å². The van der Waals surface area contributed by atoms with E-state index in [4.69, 9.17) is 0 Å². The summed E-state index contributed by atoms with van der Waals surface area (Å²) in [5.74, 6) is 0. The van der Waals surface area contributed by atoms with E-state index in [0.717, 1.165) is 6.42 Å². The SMILES string of the molecule is Cc1cccc(-c2cccc(Cc3cccc(-c4ccccc4C)c3)c2)c1. The lowest BCUT2D eigenvalue weighted by Gasteiger charge is -2.10. The highest BCUT2D eigenvalue weighted by molar-refractivity contribution is 5.68. The Bertz CT molecular complexity index is 1070. The summed E-state index contributed by atoms with van der Waals surface area (Å²) in [6, 6.07) is 35.1. The molecule has 0 aliphatic heterocycles. The summed E-state index contributed by atoms with van der Waals surface area (Å²) < 4.78 is 0. The van der Waals surface area contributed by atoms with E-state index in [1.54, 1.807) is 0 Å². The van der Waals surface area contributed by atoms with Crippen LogP contribution in [0.15, 0.2) is 97.1 Å². The smallest absolute Gasteiger partial charge is 0.00253 e. The molecule has 0 saturated heterocycles. The van der Waals surface area contributed by atoms with Gasteiger partial charge in [-0.3, -0.25) is 0 Å². The summed E-state index contributed by atoms with van der Waals surface area (Å²) in [5, 5.41) is 0. The molecule has 0 heterocycles. The first-order chi connectivity index (χ1) is 13.2. The number of hydrogen-bond acceptors (Lipinski definition) is 0. The van der Waals surface area contributed by atoms with Crippen LogP contribution in [0.2, 0.25) is 0 Å². The van der Waals surface area contributed by atoms with Crippen molar-refractivity contribution in [2.75, 3.05) is 0 Å². The minimum Gasteiger partial charge on any atom is -0.0620 e. The van der Waals surface area contributed by atoms with Gasteiger partial charge in [-0.2, -0.15) is 0 Å². The summed E-state index contributed by atoms with van der Waals surface area (Å²) in [4.78, 5) is 0. The van der Waals surface area contributed by atoms with Gasteiger partial charge in [0.2, 0.25) is 0 Å². The Morgan fingerprint density at radius 2 is 1.11 bits per heavy atom. The second kappa shape index (κ2) is 7.63. The summed E-state index contributed by atoms with van der Waals surface area (Å²) >= 11 is 0. The second-order valence-electron chi connectivity index (χ2n) is 7.26. The van der Waals surface area contributed by atoms with Gasteiger partial charge in [-0.1, -0.05) is 103 Å². The maximum Gasteiger partial charge on any atom is -0.00253 e. The molecule has 0 unspecified atom stereocenters. The van der Waals surface area contributed by atoms with Gasteiger partial charge in [0.05, 0.1) is 0 Å². The molecule has 0 aromatic heterocycles. The highest BCUT2D eigenvalue weighted by Crippen LogP contribution is 2.26. The fraction of sp³-hybridized carbons (Fsp3) is 0.111. The first kappa shape index (κ1) is 17.3. The van der Waals surface area contributed by atoms with Gasteiger partial charge in [0.1, 0.15) is 0 Å². The fourth-order valence-corrected chi connectivity index (χ4v) is 3.67. The average Bonchev–Trinajstić information content (AvgIpc) is 2.69. The molecule has 132 valence electrons. The fourth-order valence-electron chi connectivity index (χ4n) is 3.67. The number of rotatable bonds is 4. The van der Waals surface area contributed by atoms with Crippen LogP contribution in [0.1, 0.15) is 22.3 Å². The molecule has 0 bridgehead atoms. The molecule has 0 radical (unpaired) electrons. The maximum absolute atomic E-state index is 2.32. The second-order valence-corrected chi connectivity index (χ2v) is 7.26. The number of hydrogen-bond donors (Lipinski definition) is 0. The van der Waals surface area contributed by atoms with Crippen LogP contribution < -0.4 is 0 Å². The Morgan fingerprint density at radius 1 is 0.519 bits per heavy atom. The zero-order valence-corrected chi connectivity index (χ0v) is 15.9. The van der Waals surface area contributed by atoms with Gasteiger partial charge in [-0.05, 0) is 59.2 Å². The topological polar surface area (TPSA) is 0 Å². The van der Waals surface area contributed by atoms with E-state index in [1.807, 2.05) is 0 Å². The van der Waals surface area contributed by atoms with Crippen molar-refractivity contribution in [3.8, 4) is 22.3 Å². The lowest BCUT2D eigenvalue weighted by atomic mass is 9.95. The zero-order valence-electron chi connectivity index (χ0n) is 15.9. The monoisotopic (exact) mass is 348 g/mol. The number of benzene rings is 4. The van der Waals surface area contributed by atoms with Crippen molar-refractivity contribution >= 4 is 0 Å². The van der Waals surface area contributed by atoms with Gasteiger partial charge in [0.15, 0.2) is 0 Å². The minimum atomic E-state index is 0.944. The Morgan fingerprint density at radius 3 is 1.81 bits per heavy atom. The molecule has 0 amide bonds. The Balaban J connectivity index is 1.63. The summed E-state index contributed by atoms with van der Waals surface area (Å²) in [6.07, 6.45) is 0.944. The van der Waals surface area contributed by atoms with Gasteiger partial charge in [-0.15, -0.1) is 0 Å². The van der Waals surface area contributed by atoms with Crippen LogP contribution in [0.25, 0.3) is 22.3 Å². The van der Waals surface area contributed by atoms with Gasteiger partial charge >= 0.3 is 0 Å². The van der Waals surface area contributed by atoms with E-state index < -0.39 is 0 Å². The molecule has 0 atom stereocenters. The van der Waals surface area contributed by atoms with Crippen LogP contribution in [0.3, 0.4) is 0 Å². The third kappa shape index (κ3) is 4.01. The third-order valence-electron chi connectivity index (χ3n) is 5.07. The van der Waals surface area contributed by atoms with Crippen LogP contribution in [0.4, 0.5) is 0 Å². The summed E-state index contributed by atoms with van der Waals surface area (Å²) in [6.45, 7) is 4.32. The van der Waals surface area contributed by atoms with Crippen LogP contribution in [-0.2, 0) is 6.42 Å². The van der Waals surface area contributed by atoms with Gasteiger partial charge in [0.25, 0.3) is 0 Å². The lowest BCUT2D eigenvalue weighted by Crippen LogP contribution is -1.91. The van der Waals surface area contributed by atoms with Crippen molar-refractivity contribution < 1.29 is 0 Å². The predicted octanol–water partition coefficient (Wildman–Crippen LogP) is 7.23. The van der Waals surface area contributed by atoms with Crippen molar-refractivity contribution in [2.24, 2.45) is 0 Å². The first-order valence-electron chi connectivity index (χ1n) is 9.50.